The summed E-state index contributed by atoms with van der Waals surface area (Å²) < 4.78 is 42.3. The number of carbonyl (C=O) groups excluding carboxylic acids is 1. The van der Waals surface area contributed by atoms with Gasteiger partial charge in [-0.3, -0.25) is 24.4 Å². The van der Waals surface area contributed by atoms with Gasteiger partial charge in [0.15, 0.2) is 0 Å². The molecule has 36 heavy (non-hydrogen) atoms. The fraction of sp³-hybridized carbons (Fsp3) is 0.192. The molecule has 2 aromatic heterocycles. The average Bonchev–Trinajstić information content (AvgIpc) is 2.89. The van der Waals surface area contributed by atoms with Gasteiger partial charge in [-0.1, -0.05) is 25.1 Å². The highest BCUT2D eigenvalue weighted by Gasteiger charge is 2.18. The second-order valence-corrected chi connectivity index (χ2v) is 9.76. The number of para-hydroxylation sites is 1. The average molecular weight is 508 g/mol. The Balaban J connectivity index is 1.34. The molecule has 0 radical (unpaired) electrons. The molecule has 0 saturated heterocycles. The lowest BCUT2D eigenvalue weighted by atomic mass is 10.2. The van der Waals surface area contributed by atoms with E-state index in [1.54, 1.807) is 54.9 Å². The number of amides is 1. The first-order chi connectivity index (χ1) is 17.4. The zero-order valence-corrected chi connectivity index (χ0v) is 20.5. The zero-order valence-electron chi connectivity index (χ0n) is 19.7. The van der Waals surface area contributed by atoms with Crippen molar-refractivity contribution < 1.29 is 17.6 Å². The van der Waals surface area contributed by atoms with Crippen LogP contribution in [0.1, 0.15) is 22.8 Å². The molecule has 0 bridgehead atoms. The lowest BCUT2D eigenvalue weighted by Crippen LogP contribution is -2.34. The Morgan fingerprint density at radius 2 is 1.81 bits per heavy atom. The van der Waals surface area contributed by atoms with Crippen molar-refractivity contribution in [2.75, 3.05) is 24.4 Å². The summed E-state index contributed by atoms with van der Waals surface area (Å²) in [4.78, 5) is 22.6. The van der Waals surface area contributed by atoms with E-state index in [9.17, 15) is 17.6 Å². The van der Waals surface area contributed by atoms with Gasteiger partial charge < -0.3 is 5.32 Å². The Kier molecular flexibility index (Phi) is 7.87. The number of benzene rings is 2. The van der Waals surface area contributed by atoms with Crippen LogP contribution in [0.2, 0.25) is 0 Å². The predicted octanol–water partition coefficient (Wildman–Crippen LogP) is 3.82. The van der Waals surface area contributed by atoms with E-state index in [4.69, 9.17) is 0 Å². The van der Waals surface area contributed by atoms with Gasteiger partial charge in [0.25, 0.3) is 15.9 Å². The molecular formula is C26H26FN5O3S. The van der Waals surface area contributed by atoms with Gasteiger partial charge in [0.1, 0.15) is 10.7 Å². The highest BCUT2D eigenvalue weighted by Crippen LogP contribution is 2.23. The third-order valence-electron chi connectivity index (χ3n) is 5.70. The monoisotopic (exact) mass is 507 g/mol. The topological polar surface area (TPSA) is 104 Å². The van der Waals surface area contributed by atoms with Crippen molar-refractivity contribution in [3.05, 3.63) is 96.2 Å². The minimum atomic E-state index is -3.88. The van der Waals surface area contributed by atoms with Gasteiger partial charge in [-0.2, -0.15) is 0 Å². The molecule has 2 N–H and O–H groups in total. The van der Waals surface area contributed by atoms with E-state index in [1.165, 1.54) is 24.4 Å². The van der Waals surface area contributed by atoms with E-state index >= 15 is 0 Å². The summed E-state index contributed by atoms with van der Waals surface area (Å²) in [6.45, 7) is 4.00. The Hall–Kier alpha value is -3.89. The minimum absolute atomic E-state index is 0.0783. The molecule has 0 fully saturated rings. The number of sulfonamides is 1. The third kappa shape index (κ3) is 6.02. The van der Waals surface area contributed by atoms with E-state index in [0.29, 0.717) is 48.5 Å². The van der Waals surface area contributed by atoms with Crippen LogP contribution in [0.15, 0.2) is 84.1 Å². The molecule has 10 heteroatoms. The summed E-state index contributed by atoms with van der Waals surface area (Å²) in [7, 11) is -3.88. The summed E-state index contributed by atoms with van der Waals surface area (Å²) in [6.07, 6.45) is 4.29. The molecule has 0 saturated carbocycles. The number of hydrogen-bond donors (Lipinski definition) is 2. The number of carbonyl (C=O) groups is 1. The first-order valence-electron chi connectivity index (χ1n) is 11.4. The highest BCUT2D eigenvalue weighted by molar-refractivity contribution is 7.93. The van der Waals surface area contributed by atoms with Crippen LogP contribution < -0.4 is 10.0 Å². The van der Waals surface area contributed by atoms with Gasteiger partial charge in [-0.15, -0.1) is 0 Å². The first kappa shape index (κ1) is 25.2. The maximum Gasteiger partial charge on any atom is 0.264 e. The standard InChI is InChI=1S/C26H26FN5O3S/c1-2-32(18-21-12-14-28-17-23(21)27)16-15-30-26(33)20-8-10-22(11-9-20)31-36(34,35)24-7-3-5-19-6-4-13-29-25(19)24/h3-14,17,31H,2,15-16,18H2,1H3,(H,30,33). The largest absolute Gasteiger partial charge is 0.351 e. The van der Waals surface area contributed by atoms with Crippen molar-refractivity contribution in [2.45, 2.75) is 18.4 Å². The maximum atomic E-state index is 13.9. The molecule has 4 aromatic rings. The summed E-state index contributed by atoms with van der Waals surface area (Å²) in [5.41, 5.74) is 1.66. The van der Waals surface area contributed by atoms with E-state index in [1.807, 2.05) is 11.8 Å². The smallest absolute Gasteiger partial charge is 0.264 e. The van der Waals surface area contributed by atoms with Crippen LogP contribution in [0.4, 0.5) is 10.1 Å². The van der Waals surface area contributed by atoms with Crippen LogP contribution in [-0.4, -0.2) is 48.8 Å². The number of halogens is 1. The molecule has 4 rings (SSSR count). The Labute approximate surface area is 209 Å². The van der Waals surface area contributed by atoms with Crippen molar-refractivity contribution >= 4 is 32.5 Å². The Bertz CT molecular complexity index is 1460. The molecule has 2 aromatic carbocycles. The molecule has 2 heterocycles. The lowest BCUT2D eigenvalue weighted by molar-refractivity contribution is 0.0948. The second kappa shape index (κ2) is 11.2. The fourth-order valence-corrected chi connectivity index (χ4v) is 4.98. The van der Waals surface area contributed by atoms with E-state index in [2.05, 4.69) is 20.0 Å². The lowest BCUT2D eigenvalue weighted by Gasteiger charge is -2.20. The number of likely N-dealkylation sites (N-methyl/N-ethyl adjacent to an activating group) is 1. The SMILES string of the molecule is CCN(CCNC(=O)c1ccc(NS(=O)(=O)c2cccc3cccnc23)cc1)Cc1ccncc1F. The van der Waals surface area contributed by atoms with Crippen LogP contribution in [-0.2, 0) is 16.6 Å². The molecular weight excluding hydrogens is 481 g/mol. The van der Waals surface area contributed by atoms with Crippen molar-refractivity contribution in [1.82, 2.24) is 20.2 Å². The molecule has 0 atom stereocenters. The van der Waals surface area contributed by atoms with Crippen molar-refractivity contribution in [1.29, 1.82) is 0 Å². The van der Waals surface area contributed by atoms with Crippen molar-refractivity contribution in [3.8, 4) is 0 Å². The van der Waals surface area contributed by atoms with Gasteiger partial charge in [-0.05, 0) is 49.0 Å². The summed E-state index contributed by atoms with van der Waals surface area (Å²) in [5, 5.41) is 3.57. The van der Waals surface area contributed by atoms with E-state index < -0.39 is 10.0 Å². The Morgan fingerprint density at radius 3 is 2.56 bits per heavy atom. The molecule has 186 valence electrons. The zero-order chi connectivity index (χ0) is 25.5. The molecule has 0 spiro atoms. The van der Waals surface area contributed by atoms with E-state index in [0.717, 1.165) is 5.39 Å². The number of pyridine rings is 2. The predicted molar refractivity (Wildman–Crippen MR) is 136 cm³/mol. The molecule has 0 unspecified atom stereocenters. The minimum Gasteiger partial charge on any atom is -0.351 e. The fourth-order valence-electron chi connectivity index (χ4n) is 3.74. The first-order valence-corrected chi connectivity index (χ1v) is 12.9. The van der Waals surface area contributed by atoms with Crippen LogP contribution in [0.5, 0.6) is 0 Å². The normalized spacial score (nSPS) is 11.5. The third-order valence-corrected chi connectivity index (χ3v) is 7.11. The van der Waals surface area contributed by atoms with Crippen LogP contribution in [0, 0.1) is 5.82 Å². The van der Waals surface area contributed by atoms with Gasteiger partial charge >= 0.3 is 0 Å². The summed E-state index contributed by atoms with van der Waals surface area (Å²) in [6, 6.07) is 16.3. The maximum absolute atomic E-state index is 13.9. The van der Waals surface area contributed by atoms with E-state index in [-0.39, 0.29) is 16.6 Å². The summed E-state index contributed by atoms with van der Waals surface area (Å²) >= 11 is 0. The van der Waals surface area contributed by atoms with Crippen molar-refractivity contribution in [2.24, 2.45) is 0 Å². The van der Waals surface area contributed by atoms with Gasteiger partial charge in [0.05, 0.1) is 11.7 Å². The van der Waals surface area contributed by atoms with Gasteiger partial charge in [0.2, 0.25) is 0 Å². The van der Waals surface area contributed by atoms with Gasteiger partial charge in [0, 0.05) is 54.2 Å². The highest BCUT2D eigenvalue weighted by atomic mass is 32.2. The number of rotatable bonds is 10. The number of nitrogens with one attached hydrogen (secondary N) is 2. The second-order valence-electron chi connectivity index (χ2n) is 8.11. The number of fused-ring (bicyclic) bond motifs is 1. The number of anilines is 1. The molecule has 0 aliphatic rings. The Morgan fingerprint density at radius 1 is 1.03 bits per heavy atom. The number of nitrogens with zero attached hydrogens (tertiary/aromatic N) is 3. The number of aromatic nitrogens is 2. The molecule has 8 nitrogen and oxygen atoms in total. The van der Waals surface area contributed by atoms with Crippen LogP contribution in [0.25, 0.3) is 10.9 Å². The molecule has 0 aliphatic carbocycles. The van der Waals surface area contributed by atoms with Crippen LogP contribution in [0.3, 0.4) is 0 Å². The number of hydrogen-bond acceptors (Lipinski definition) is 6. The summed E-state index contributed by atoms with van der Waals surface area (Å²) in [5.74, 6) is -0.638. The quantitative estimate of drug-likeness (QED) is 0.338. The van der Waals surface area contributed by atoms with Crippen LogP contribution >= 0.6 is 0 Å². The van der Waals surface area contributed by atoms with Crippen molar-refractivity contribution in [3.63, 3.8) is 0 Å². The molecule has 1 amide bonds. The molecule has 0 aliphatic heterocycles. The van der Waals surface area contributed by atoms with Gasteiger partial charge in [-0.25, -0.2) is 12.8 Å².